The fraction of sp³-hybridized carbons (Fsp3) is 0.500. The molecule has 17 heavy (non-hydrogen) atoms. The highest BCUT2D eigenvalue weighted by Gasteiger charge is 2.46. The van der Waals surface area contributed by atoms with Crippen molar-refractivity contribution in [2.45, 2.75) is 17.6 Å². The van der Waals surface area contributed by atoms with E-state index in [9.17, 15) is 4.79 Å². The van der Waals surface area contributed by atoms with Gasteiger partial charge in [0.15, 0.2) is 0 Å². The second-order valence-corrected chi connectivity index (χ2v) is 7.16. The van der Waals surface area contributed by atoms with Crippen molar-refractivity contribution in [3.63, 3.8) is 0 Å². The molecule has 0 bridgehead atoms. The minimum Gasteiger partial charge on any atom is -0.298 e. The van der Waals surface area contributed by atoms with Gasteiger partial charge >= 0.3 is 0 Å². The van der Waals surface area contributed by atoms with Crippen LogP contribution in [0.15, 0.2) is 30.3 Å². The van der Waals surface area contributed by atoms with Gasteiger partial charge in [-0.05, 0) is 17.9 Å². The van der Waals surface area contributed by atoms with E-state index in [4.69, 9.17) is 0 Å². The van der Waals surface area contributed by atoms with E-state index in [1.54, 1.807) is 0 Å². The van der Waals surface area contributed by atoms with Crippen LogP contribution in [0.2, 0.25) is 0 Å². The van der Waals surface area contributed by atoms with Gasteiger partial charge in [-0.15, -0.1) is 11.8 Å². The van der Waals surface area contributed by atoms with Crippen molar-refractivity contribution in [3.8, 4) is 0 Å². The average Bonchev–Trinajstić information content (AvgIpc) is 3.20. The molecule has 0 N–H and O–H groups in total. The van der Waals surface area contributed by atoms with Crippen molar-refractivity contribution in [1.82, 2.24) is 0 Å². The third-order valence-corrected chi connectivity index (χ3v) is 6.29. The first-order chi connectivity index (χ1) is 8.36. The smallest absolute Gasteiger partial charge is 0.150 e. The molecule has 3 rings (SSSR count). The minimum absolute atomic E-state index is 0.271. The Kier molecular flexibility index (Phi) is 3.48. The molecule has 0 amide bonds. The second-order valence-electron chi connectivity index (χ2n) is 4.70. The van der Waals surface area contributed by atoms with Gasteiger partial charge in [-0.3, -0.25) is 4.79 Å². The molecule has 1 saturated carbocycles. The van der Waals surface area contributed by atoms with Gasteiger partial charge in [-0.25, -0.2) is 0 Å². The summed E-state index contributed by atoms with van der Waals surface area (Å²) >= 11 is 3.80. The van der Waals surface area contributed by atoms with Gasteiger partial charge in [0, 0.05) is 23.2 Å². The predicted octanol–water partition coefficient (Wildman–Crippen LogP) is 3.21. The van der Waals surface area contributed by atoms with Crippen LogP contribution in [-0.4, -0.2) is 28.3 Å². The standard InChI is InChI=1S/C14H16OS2/c15-14(13-9-16-6-7-17-13)12-8-11(12)10-4-2-1-3-5-10/h1-5,11-13H,6-9H2. The molecule has 0 aromatic heterocycles. The van der Waals surface area contributed by atoms with Crippen LogP contribution >= 0.6 is 23.5 Å². The molecule has 90 valence electrons. The summed E-state index contributed by atoms with van der Waals surface area (Å²) in [4.78, 5) is 12.3. The van der Waals surface area contributed by atoms with Crippen LogP contribution in [0.1, 0.15) is 17.9 Å². The predicted molar refractivity (Wildman–Crippen MR) is 75.9 cm³/mol. The monoisotopic (exact) mass is 264 g/mol. The fourth-order valence-corrected chi connectivity index (χ4v) is 5.17. The Hall–Kier alpha value is -0.410. The first-order valence-electron chi connectivity index (χ1n) is 6.14. The quantitative estimate of drug-likeness (QED) is 0.834. The largest absolute Gasteiger partial charge is 0.298 e. The highest BCUT2D eigenvalue weighted by atomic mass is 32.2. The number of Topliss-reactive ketones (excluding diaryl/α,β-unsaturated/α-hetero) is 1. The second kappa shape index (κ2) is 5.07. The molecule has 2 fully saturated rings. The van der Waals surface area contributed by atoms with Crippen LogP contribution in [0.3, 0.4) is 0 Å². The summed E-state index contributed by atoms with van der Waals surface area (Å²) in [6, 6.07) is 10.5. The Labute approximate surface area is 111 Å². The third kappa shape index (κ3) is 2.55. The molecular formula is C14H16OS2. The van der Waals surface area contributed by atoms with Crippen LogP contribution in [0.25, 0.3) is 0 Å². The fourth-order valence-electron chi connectivity index (χ4n) is 2.47. The molecule has 1 heterocycles. The van der Waals surface area contributed by atoms with E-state index in [1.807, 2.05) is 29.6 Å². The van der Waals surface area contributed by atoms with Crippen LogP contribution in [0.4, 0.5) is 0 Å². The van der Waals surface area contributed by atoms with Crippen molar-refractivity contribution >= 4 is 29.3 Å². The molecule has 1 aliphatic carbocycles. The van der Waals surface area contributed by atoms with Gasteiger partial charge in [0.05, 0.1) is 5.25 Å². The van der Waals surface area contributed by atoms with Crippen LogP contribution in [0, 0.1) is 5.92 Å². The van der Waals surface area contributed by atoms with E-state index in [0.29, 0.717) is 17.6 Å². The number of rotatable bonds is 3. The van der Waals surface area contributed by atoms with Crippen molar-refractivity contribution in [2.75, 3.05) is 17.3 Å². The van der Waals surface area contributed by atoms with E-state index < -0.39 is 0 Å². The molecular weight excluding hydrogens is 248 g/mol. The molecule has 3 heteroatoms. The van der Waals surface area contributed by atoms with Crippen LogP contribution < -0.4 is 0 Å². The SMILES string of the molecule is O=C(C1CSCCS1)C1CC1c1ccccc1. The summed E-state index contributed by atoms with van der Waals surface area (Å²) in [5.74, 6) is 4.72. The van der Waals surface area contributed by atoms with Gasteiger partial charge in [0.1, 0.15) is 5.78 Å². The number of hydrogen-bond donors (Lipinski definition) is 0. The zero-order chi connectivity index (χ0) is 11.7. The van der Waals surface area contributed by atoms with E-state index in [1.165, 1.54) is 11.3 Å². The van der Waals surface area contributed by atoms with Crippen molar-refractivity contribution < 1.29 is 4.79 Å². The first-order valence-corrected chi connectivity index (χ1v) is 8.34. The number of hydrogen-bond acceptors (Lipinski definition) is 3. The molecule has 1 saturated heterocycles. The number of thioether (sulfide) groups is 2. The molecule has 0 radical (unpaired) electrons. The maximum atomic E-state index is 12.3. The highest BCUT2D eigenvalue weighted by Crippen LogP contribution is 2.49. The topological polar surface area (TPSA) is 17.1 Å². The lowest BCUT2D eigenvalue weighted by Gasteiger charge is -2.19. The Bertz CT molecular complexity index is 398. The Morgan fingerprint density at radius 2 is 2.00 bits per heavy atom. The average molecular weight is 264 g/mol. The molecule has 1 aromatic carbocycles. The van der Waals surface area contributed by atoms with E-state index in [0.717, 1.165) is 17.9 Å². The lowest BCUT2D eigenvalue weighted by molar-refractivity contribution is -0.119. The molecule has 2 aliphatic rings. The Balaban J connectivity index is 1.62. The summed E-state index contributed by atoms with van der Waals surface area (Å²) in [5.41, 5.74) is 1.35. The van der Waals surface area contributed by atoms with E-state index in [-0.39, 0.29) is 5.25 Å². The number of ketones is 1. The van der Waals surface area contributed by atoms with Gasteiger partial charge in [-0.1, -0.05) is 30.3 Å². The zero-order valence-electron chi connectivity index (χ0n) is 9.67. The first kappa shape index (κ1) is 11.7. The lowest BCUT2D eigenvalue weighted by Crippen LogP contribution is -2.26. The number of carbonyl (C=O) groups excluding carboxylic acids is 1. The summed E-state index contributed by atoms with van der Waals surface area (Å²) in [5, 5.41) is 0.271. The summed E-state index contributed by atoms with van der Waals surface area (Å²) < 4.78 is 0. The van der Waals surface area contributed by atoms with E-state index in [2.05, 4.69) is 24.3 Å². The number of carbonyl (C=O) groups is 1. The summed E-state index contributed by atoms with van der Waals surface area (Å²) in [6.45, 7) is 0. The maximum absolute atomic E-state index is 12.3. The Morgan fingerprint density at radius 1 is 1.18 bits per heavy atom. The van der Waals surface area contributed by atoms with Crippen LogP contribution in [-0.2, 0) is 4.79 Å². The van der Waals surface area contributed by atoms with Crippen LogP contribution in [0.5, 0.6) is 0 Å². The highest BCUT2D eigenvalue weighted by molar-refractivity contribution is 8.07. The van der Waals surface area contributed by atoms with E-state index >= 15 is 0 Å². The van der Waals surface area contributed by atoms with Gasteiger partial charge in [0.25, 0.3) is 0 Å². The molecule has 1 aromatic rings. The molecule has 0 spiro atoms. The molecule has 1 aliphatic heterocycles. The van der Waals surface area contributed by atoms with Crippen molar-refractivity contribution in [2.24, 2.45) is 5.92 Å². The maximum Gasteiger partial charge on any atom is 0.150 e. The van der Waals surface area contributed by atoms with Gasteiger partial charge in [-0.2, -0.15) is 11.8 Å². The number of benzene rings is 1. The normalized spacial score (nSPS) is 32.1. The molecule has 3 atom stereocenters. The van der Waals surface area contributed by atoms with Crippen molar-refractivity contribution in [3.05, 3.63) is 35.9 Å². The lowest BCUT2D eigenvalue weighted by atomic mass is 10.1. The Morgan fingerprint density at radius 3 is 2.71 bits per heavy atom. The molecule has 3 unspecified atom stereocenters. The summed E-state index contributed by atoms with van der Waals surface area (Å²) in [7, 11) is 0. The molecule has 1 nitrogen and oxygen atoms in total. The van der Waals surface area contributed by atoms with Crippen molar-refractivity contribution in [1.29, 1.82) is 0 Å². The van der Waals surface area contributed by atoms with Gasteiger partial charge < -0.3 is 0 Å². The zero-order valence-corrected chi connectivity index (χ0v) is 11.3. The van der Waals surface area contributed by atoms with Gasteiger partial charge in [0.2, 0.25) is 0 Å². The third-order valence-electron chi connectivity index (χ3n) is 3.52. The summed E-state index contributed by atoms with van der Waals surface area (Å²) in [6.07, 6.45) is 1.07. The minimum atomic E-state index is 0.271.